The molecule has 2 rings (SSSR count). The highest BCUT2D eigenvalue weighted by Crippen LogP contribution is 2.27. The molecule has 20 heavy (non-hydrogen) atoms. The zero-order valence-corrected chi connectivity index (χ0v) is 13.5. The van der Waals surface area contributed by atoms with Crippen LogP contribution < -0.4 is 5.32 Å². The summed E-state index contributed by atoms with van der Waals surface area (Å²) >= 11 is 9.48. The maximum absolute atomic E-state index is 13.0. The highest BCUT2D eigenvalue weighted by Gasteiger charge is 2.12. The van der Waals surface area contributed by atoms with E-state index in [1.807, 2.05) is 30.3 Å². The van der Waals surface area contributed by atoms with Gasteiger partial charge in [0.05, 0.1) is 5.02 Å². The molecule has 4 heteroatoms. The number of hydrogen-bond acceptors (Lipinski definition) is 1. The average Bonchev–Trinajstić information content (AvgIpc) is 2.44. The van der Waals surface area contributed by atoms with E-state index in [4.69, 9.17) is 11.6 Å². The average molecular weight is 357 g/mol. The third-order valence-electron chi connectivity index (χ3n) is 3.15. The van der Waals surface area contributed by atoms with Crippen LogP contribution in [-0.4, -0.2) is 6.54 Å². The molecule has 0 saturated carbocycles. The first-order valence-electron chi connectivity index (χ1n) is 6.53. The van der Waals surface area contributed by atoms with Gasteiger partial charge in [-0.25, -0.2) is 4.39 Å². The predicted molar refractivity (Wildman–Crippen MR) is 85.7 cm³/mol. The summed E-state index contributed by atoms with van der Waals surface area (Å²) in [6.07, 6.45) is 0.808. The molecule has 0 aliphatic heterocycles. The molecule has 1 N–H and O–H groups in total. The van der Waals surface area contributed by atoms with Crippen molar-refractivity contribution >= 4 is 27.5 Å². The molecule has 0 aliphatic carbocycles. The van der Waals surface area contributed by atoms with Gasteiger partial charge in [0.15, 0.2) is 0 Å². The van der Waals surface area contributed by atoms with E-state index in [2.05, 4.69) is 28.2 Å². The lowest BCUT2D eigenvalue weighted by molar-refractivity contribution is 0.548. The van der Waals surface area contributed by atoms with Crippen LogP contribution in [0.15, 0.2) is 46.9 Å². The number of rotatable bonds is 5. The normalized spacial score (nSPS) is 12.4. The molecule has 0 amide bonds. The van der Waals surface area contributed by atoms with Gasteiger partial charge < -0.3 is 5.32 Å². The van der Waals surface area contributed by atoms with Gasteiger partial charge in [0.1, 0.15) is 5.82 Å². The number of halogens is 3. The summed E-state index contributed by atoms with van der Waals surface area (Å²) in [4.78, 5) is 0. The molecule has 1 unspecified atom stereocenters. The van der Waals surface area contributed by atoms with Crippen molar-refractivity contribution in [1.82, 2.24) is 5.32 Å². The van der Waals surface area contributed by atoms with E-state index < -0.39 is 0 Å². The van der Waals surface area contributed by atoms with Crippen LogP contribution in [0.5, 0.6) is 0 Å². The molecule has 2 aromatic rings. The second-order valence-corrected chi connectivity index (χ2v) is 5.88. The molecule has 1 atom stereocenters. The van der Waals surface area contributed by atoms with Crippen LogP contribution in [0.3, 0.4) is 0 Å². The monoisotopic (exact) mass is 355 g/mol. The fraction of sp³-hybridized carbons (Fsp3) is 0.250. The zero-order valence-electron chi connectivity index (χ0n) is 11.2. The van der Waals surface area contributed by atoms with Crippen LogP contribution in [0.2, 0.25) is 5.02 Å². The van der Waals surface area contributed by atoms with Crippen molar-refractivity contribution in [2.24, 2.45) is 0 Å². The Kier molecular flexibility index (Phi) is 5.58. The highest BCUT2D eigenvalue weighted by atomic mass is 79.9. The molecule has 0 heterocycles. The Hall–Kier alpha value is -0.900. The van der Waals surface area contributed by atoms with Gasteiger partial charge in [-0.2, -0.15) is 0 Å². The van der Waals surface area contributed by atoms with Crippen molar-refractivity contribution in [2.45, 2.75) is 19.4 Å². The fourth-order valence-electron chi connectivity index (χ4n) is 2.14. The second kappa shape index (κ2) is 7.21. The molecule has 0 aliphatic rings. The number of likely N-dealkylation sites (N-methyl/N-ethyl adjacent to an activating group) is 1. The topological polar surface area (TPSA) is 12.0 Å². The van der Waals surface area contributed by atoms with Gasteiger partial charge in [-0.05, 0) is 64.3 Å². The van der Waals surface area contributed by atoms with Crippen LogP contribution in [0.4, 0.5) is 4.39 Å². The van der Waals surface area contributed by atoms with Gasteiger partial charge in [-0.3, -0.25) is 0 Å². The van der Waals surface area contributed by atoms with E-state index in [0.29, 0.717) is 5.02 Å². The maximum atomic E-state index is 13.0. The van der Waals surface area contributed by atoms with Gasteiger partial charge in [0.2, 0.25) is 0 Å². The quantitative estimate of drug-likeness (QED) is 0.782. The van der Waals surface area contributed by atoms with E-state index in [0.717, 1.165) is 28.6 Å². The minimum atomic E-state index is -0.206. The van der Waals surface area contributed by atoms with Crippen LogP contribution in [0.25, 0.3) is 0 Å². The molecular weight excluding hydrogens is 341 g/mol. The molecule has 0 saturated heterocycles. The Morgan fingerprint density at radius 2 is 1.90 bits per heavy atom. The summed E-state index contributed by atoms with van der Waals surface area (Å²) in [5.74, 6) is -0.206. The Balaban J connectivity index is 2.21. The van der Waals surface area contributed by atoms with Crippen molar-refractivity contribution in [1.29, 1.82) is 0 Å². The first kappa shape index (κ1) is 15.5. The number of nitrogens with one attached hydrogen (secondary N) is 1. The molecule has 1 nitrogen and oxygen atoms in total. The number of benzene rings is 2. The molecule has 0 aromatic heterocycles. The third-order valence-corrected chi connectivity index (χ3v) is 4.36. The summed E-state index contributed by atoms with van der Waals surface area (Å²) < 4.78 is 13.8. The number of hydrogen-bond donors (Lipinski definition) is 1. The Morgan fingerprint density at radius 1 is 1.20 bits per heavy atom. The minimum Gasteiger partial charge on any atom is -0.310 e. The molecule has 106 valence electrons. The molecular formula is C16H16BrClFN. The van der Waals surface area contributed by atoms with Crippen molar-refractivity contribution in [3.05, 3.63) is 68.9 Å². The van der Waals surface area contributed by atoms with Crippen molar-refractivity contribution in [2.75, 3.05) is 6.54 Å². The van der Waals surface area contributed by atoms with E-state index in [1.165, 1.54) is 12.1 Å². The van der Waals surface area contributed by atoms with E-state index in [9.17, 15) is 4.39 Å². The lowest BCUT2D eigenvalue weighted by Gasteiger charge is -2.19. The van der Waals surface area contributed by atoms with E-state index in [1.54, 1.807) is 0 Å². The molecule has 0 spiro atoms. The van der Waals surface area contributed by atoms with E-state index in [-0.39, 0.29) is 11.9 Å². The zero-order chi connectivity index (χ0) is 14.5. The summed E-state index contributed by atoms with van der Waals surface area (Å²) in [6.45, 7) is 2.94. The van der Waals surface area contributed by atoms with Crippen molar-refractivity contribution in [3.63, 3.8) is 0 Å². The molecule has 0 bridgehead atoms. The lowest BCUT2D eigenvalue weighted by atomic mass is 9.99. The maximum Gasteiger partial charge on any atom is 0.123 e. The van der Waals surface area contributed by atoms with Crippen molar-refractivity contribution < 1.29 is 4.39 Å². The smallest absolute Gasteiger partial charge is 0.123 e. The highest BCUT2D eigenvalue weighted by molar-refractivity contribution is 9.10. The summed E-state index contributed by atoms with van der Waals surface area (Å²) in [5.41, 5.74) is 2.26. The van der Waals surface area contributed by atoms with Gasteiger partial charge >= 0.3 is 0 Å². The van der Waals surface area contributed by atoms with Crippen LogP contribution >= 0.6 is 27.5 Å². The lowest BCUT2D eigenvalue weighted by Crippen LogP contribution is -2.23. The second-order valence-electron chi connectivity index (χ2n) is 4.61. The van der Waals surface area contributed by atoms with Crippen molar-refractivity contribution in [3.8, 4) is 0 Å². The first-order valence-corrected chi connectivity index (χ1v) is 7.70. The summed E-state index contributed by atoms with van der Waals surface area (Å²) in [6, 6.07) is 12.7. The fourth-order valence-corrected chi connectivity index (χ4v) is 2.65. The van der Waals surface area contributed by atoms with E-state index >= 15 is 0 Å². The Morgan fingerprint density at radius 3 is 2.50 bits per heavy atom. The third kappa shape index (κ3) is 4.05. The first-order chi connectivity index (χ1) is 9.60. The van der Waals surface area contributed by atoms with Gasteiger partial charge in [-0.1, -0.05) is 36.7 Å². The SMILES string of the molecule is CCNC(Cc1ccc(F)cc1)c1ccc(Cl)c(Br)c1. The predicted octanol–water partition coefficient (Wildman–Crippen LogP) is 5.13. The van der Waals surface area contributed by atoms with Crippen LogP contribution in [0, 0.1) is 5.82 Å². The van der Waals surface area contributed by atoms with Gasteiger partial charge in [0.25, 0.3) is 0 Å². The van der Waals surface area contributed by atoms with Crippen LogP contribution in [-0.2, 0) is 6.42 Å². The van der Waals surface area contributed by atoms with Gasteiger partial charge in [0, 0.05) is 10.5 Å². The van der Waals surface area contributed by atoms with Gasteiger partial charge in [-0.15, -0.1) is 0 Å². The summed E-state index contributed by atoms with van der Waals surface area (Å²) in [5, 5.41) is 4.15. The largest absolute Gasteiger partial charge is 0.310 e. The molecule has 2 aromatic carbocycles. The summed E-state index contributed by atoms with van der Waals surface area (Å²) in [7, 11) is 0. The molecule has 0 radical (unpaired) electrons. The van der Waals surface area contributed by atoms with Crippen LogP contribution in [0.1, 0.15) is 24.1 Å². The Labute approximate surface area is 132 Å². The molecule has 0 fully saturated rings. The minimum absolute atomic E-state index is 0.180. The Bertz CT molecular complexity index is 571. The standard InChI is InChI=1S/C16H16BrClFN/c1-2-20-16(9-11-3-6-13(19)7-4-11)12-5-8-15(18)14(17)10-12/h3-8,10,16,20H,2,9H2,1H3.